The van der Waals surface area contributed by atoms with E-state index in [0.717, 1.165) is 11.1 Å². The second-order valence-electron chi connectivity index (χ2n) is 3.36. The van der Waals surface area contributed by atoms with Crippen molar-refractivity contribution in [1.29, 1.82) is 0 Å². The maximum Gasteiger partial charge on any atom is 0.337 e. The zero-order valence-corrected chi connectivity index (χ0v) is 8.43. The van der Waals surface area contributed by atoms with E-state index in [-0.39, 0.29) is 5.97 Å². The van der Waals surface area contributed by atoms with Crippen molar-refractivity contribution in [2.75, 3.05) is 0 Å². The van der Waals surface area contributed by atoms with E-state index in [4.69, 9.17) is 4.74 Å². The van der Waals surface area contributed by atoms with E-state index in [1.807, 2.05) is 37.3 Å². The predicted octanol–water partition coefficient (Wildman–Crippen LogP) is 2.09. The molecule has 0 spiro atoms. The predicted molar refractivity (Wildman–Crippen MR) is 57.4 cm³/mol. The van der Waals surface area contributed by atoms with Gasteiger partial charge in [0.05, 0.1) is 6.54 Å². The van der Waals surface area contributed by atoms with Crippen LogP contribution in [0.4, 0.5) is 0 Å². The molecule has 0 atom stereocenters. The molecule has 0 aromatic heterocycles. The highest BCUT2D eigenvalue weighted by Gasteiger charge is 2.17. The van der Waals surface area contributed by atoms with Crippen LogP contribution in [0.5, 0.6) is 0 Å². The lowest BCUT2D eigenvalue weighted by atomic mass is 10.2. The maximum atomic E-state index is 10.9. The molecule has 1 heterocycles. The molecule has 0 radical (unpaired) electrons. The molecule has 0 N–H and O–H groups in total. The van der Waals surface area contributed by atoms with Crippen molar-refractivity contribution in [1.82, 2.24) is 0 Å². The third-order valence-electron chi connectivity index (χ3n) is 2.12. The molecule has 0 saturated carbocycles. The Morgan fingerprint density at radius 3 is 2.60 bits per heavy atom. The average molecular weight is 201 g/mol. The Morgan fingerprint density at radius 1 is 1.27 bits per heavy atom. The van der Waals surface area contributed by atoms with Crippen molar-refractivity contribution in [2.24, 2.45) is 4.99 Å². The summed E-state index contributed by atoms with van der Waals surface area (Å²) in [5.41, 5.74) is 1.89. The first-order valence-corrected chi connectivity index (χ1v) is 4.74. The Balaban J connectivity index is 2.08. The fraction of sp³-hybridized carbons (Fsp3) is 0.167. The van der Waals surface area contributed by atoms with Gasteiger partial charge in [-0.2, -0.15) is 0 Å². The van der Waals surface area contributed by atoms with E-state index in [2.05, 4.69) is 4.99 Å². The molecule has 1 aliphatic rings. The molecular formula is C12H11NO2. The largest absolute Gasteiger partial charge is 0.404 e. The summed E-state index contributed by atoms with van der Waals surface area (Å²) < 4.78 is 4.91. The number of nitrogens with zero attached hydrogens (tertiary/aromatic N) is 1. The summed E-state index contributed by atoms with van der Waals surface area (Å²) >= 11 is 0. The minimum Gasteiger partial charge on any atom is -0.404 e. The Morgan fingerprint density at radius 2 is 2.00 bits per heavy atom. The van der Waals surface area contributed by atoms with Crippen LogP contribution in [0.1, 0.15) is 12.5 Å². The molecule has 1 aliphatic heterocycles. The van der Waals surface area contributed by atoms with Gasteiger partial charge in [-0.3, -0.25) is 0 Å². The number of ether oxygens (including phenoxy) is 1. The molecule has 76 valence electrons. The monoisotopic (exact) mass is 201 g/mol. The molecule has 1 aromatic rings. The van der Waals surface area contributed by atoms with E-state index in [0.29, 0.717) is 12.4 Å². The van der Waals surface area contributed by atoms with E-state index in [1.54, 1.807) is 0 Å². The molecular weight excluding hydrogens is 190 g/mol. The quantitative estimate of drug-likeness (QED) is 0.687. The fourth-order valence-electron chi connectivity index (χ4n) is 1.35. The SMILES string of the molecule is CC1=CC(=O)OC1=NCc1ccccc1. The highest BCUT2D eigenvalue weighted by molar-refractivity contribution is 6.11. The molecule has 0 bridgehead atoms. The highest BCUT2D eigenvalue weighted by Crippen LogP contribution is 2.10. The van der Waals surface area contributed by atoms with Gasteiger partial charge in [0.2, 0.25) is 5.90 Å². The third kappa shape index (κ3) is 2.31. The van der Waals surface area contributed by atoms with Crippen molar-refractivity contribution in [3.05, 3.63) is 47.5 Å². The van der Waals surface area contributed by atoms with Crippen LogP contribution in [0.15, 0.2) is 47.0 Å². The number of benzene rings is 1. The number of esters is 1. The summed E-state index contributed by atoms with van der Waals surface area (Å²) in [7, 11) is 0. The van der Waals surface area contributed by atoms with Gasteiger partial charge in [-0.25, -0.2) is 9.79 Å². The minimum atomic E-state index is -0.334. The lowest BCUT2D eigenvalue weighted by Gasteiger charge is -1.99. The van der Waals surface area contributed by atoms with Crippen molar-refractivity contribution >= 4 is 11.9 Å². The molecule has 0 aliphatic carbocycles. The minimum absolute atomic E-state index is 0.334. The van der Waals surface area contributed by atoms with E-state index in [1.165, 1.54) is 6.08 Å². The van der Waals surface area contributed by atoms with Gasteiger partial charge in [0.15, 0.2) is 0 Å². The molecule has 3 nitrogen and oxygen atoms in total. The third-order valence-corrected chi connectivity index (χ3v) is 2.12. The first-order chi connectivity index (χ1) is 7.25. The summed E-state index contributed by atoms with van der Waals surface area (Å²) in [6, 6.07) is 9.84. The van der Waals surface area contributed by atoms with Gasteiger partial charge in [-0.15, -0.1) is 0 Å². The molecule has 15 heavy (non-hydrogen) atoms. The zero-order valence-electron chi connectivity index (χ0n) is 8.43. The summed E-state index contributed by atoms with van der Waals surface area (Å²) in [6.45, 7) is 2.35. The number of rotatable bonds is 2. The fourth-order valence-corrected chi connectivity index (χ4v) is 1.35. The lowest BCUT2D eigenvalue weighted by molar-refractivity contribution is -0.129. The number of carbonyl (C=O) groups is 1. The van der Waals surface area contributed by atoms with Crippen molar-refractivity contribution in [2.45, 2.75) is 13.5 Å². The molecule has 0 unspecified atom stereocenters. The number of aliphatic imine (C=N–C) groups is 1. The number of carbonyl (C=O) groups excluding carboxylic acids is 1. The molecule has 0 saturated heterocycles. The maximum absolute atomic E-state index is 10.9. The lowest BCUT2D eigenvalue weighted by Crippen LogP contribution is -2.02. The number of cyclic esters (lactones) is 1. The first kappa shape index (κ1) is 9.65. The molecule has 0 fully saturated rings. The van der Waals surface area contributed by atoms with E-state index in [9.17, 15) is 4.79 Å². The van der Waals surface area contributed by atoms with Crippen molar-refractivity contribution < 1.29 is 9.53 Å². The molecule has 1 aromatic carbocycles. The van der Waals surface area contributed by atoms with Crippen molar-refractivity contribution in [3.63, 3.8) is 0 Å². The Hall–Kier alpha value is -1.90. The van der Waals surface area contributed by atoms with Crippen LogP contribution in [0, 0.1) is 0 Å². The molecule has 2 rings (SSSR count). The Labute approximate surface area is 88.1 Å². The average Bonchev–Trinajstić information content (AvgIpc) is 2.56. The second kappa shape index (κ2) is 4.09. The van der Waals surface area contributed by atoms with Crippen LogP contribution in [0.2, 0.25) is 0 Å². The highest BCUT2D eigenvalue weighted by atomic mass is 16.5. The van der Waals surface area contributed by atoms with Gasteiger partial charge in [-0.05, 0) is 12.5 Å². The first-order valence-electron chi connectivity index (χ1n) is 4.74. The van der Waals surface area contributed by atoms with Gasteiger partial charge < -0.3 is 4.74 Å². The normalized spacial score (nSPS) is 17.8. The number of hydrogen-bond donors (Lipinski definition) is 0. The van der Waals surface area contributed by atoms with Crippen molar-refractivity contribution in [3.8, 4) is 0 Å². The van der Waals surface area contributed by atoms with E-state index >= 15 is 0 Å². The van der Waals surface area contributed by atoms with Crippen LogP contribution in [0.25, 0.3) is 0 Å². The van der Waals surface area contributed by atoms with Crippen LogP contribution < -0.4 is 0 Å². The topological polar surface area (TPSA) is 38.7 Å². The smallest absolute Gasteiger partial charge is 0.337 e. The zero-order chi connectivity index (χ0) is 10.7. The van der Waals surface area contributed by atoms with Crippen LogP contribution >= 0.6 is 0 Å². The summed E-state index contributed by atoms with van der Waals surface area (Å²) in [5.74, 6) is 0.100. The van der Waals surface area contributed by atoms with Gasteiger partial charge in [0.1, 0.15) is 0 Å². The summed E-state index contributed by atoms with van der Waals surface area (Å²) in [6.07, 6.45) is 1.45. The van der Waals surface area contributed by atoms with Gasteiger partial charge in [-0.1, -0.05) is 30.3 Å². The van der Waals surface area contributed by atoms with Crippen LogP contribution in [0.3, 0.4) is 0 Å². The van der Waals surface area contributed by atoms with Crippen LogP contribution in [-0.4, -0.2) is 11.9 Å². The van der Waals surface area contributed by atoms with Gasteiger partial charge in [0.25, 0.3) is 0 Å². The van der Waals surface area contributed by atoms with Crippen LogP contribution in [-0.2, 0) is 16.1 Å². The second-order valence-corrected chi connectivity index (χ2v) is 3.36. The van der Waals surface area contributed by atoms with Gasteiger partial charge in [0, 0.05) is 11.6 Å². The number of hydrogen-bond acceptors (Lipinski definition) is 3. The summed E-state index contributed by atoms with van der Waals surface area (Å²) in [4.78, 5) is 15.1. The Kier molecular flexibility index (Phi) is 2.63. The molecule has 3 heteroatoms. The summed E-state index contributed by atoms with van der Waals surface area (Å²) in [5, 5.41) is 0. The van der Waals surface area contributed by atoms with Gasteiger partial charge >= 0.3 is 5.97 Å². The standard InChI is InChI=1S/C12H11NO2/c1-9-7-11(14)15-12(9)13-8-10-5-3-2-4-6-10/h2-7H,8H2,1H3. The molecule has 0 amide bonds. The van der Waals surface area contributed by atoms with E-state index < -0.39 is 0 Å². The Bertz CT molecular complexity index is 432.